The van der Waals surface area contributed by atoms with Gasteiger partial charge in [-0.25, -0.2) is 19.3 Å². The van der Waals surface area contributed by atoms with E-state index in [1.807, 2.05) is 30.3 Å². The SMILES string of the molecule is N#Cc1nccc(NC2CCN(Cc3ccc(-c4nc5cc(F)cnc5cc4-c4ccccc4)cc3)CC2)n1. The van der Waals surface area contributed by atoms with Crippen molar-refractivity contribution in [2.24, 2.45) is 0 Å². The molecule has 0 atom stereocenters. The Morgan fingerprint density at radius 2 is 1.69 bits per heavy atom. The summed E-state index contributed by atoms with van der Waals surface area (Å²) in [7, 11) is 0. The average Bonchev–Trinajstić information content (AvgIpc) is 2.98. The number of pyridine rings is 2. The predicted molar refractivity (Wildman–Crippen MR) is 149 cm³/mol. The number of nitrogens with zero attached hydrogens (tertiary/aromatic N) is 6. The number of nitriles is 1. The zero-order valence-corrected chi connectivity index (χ0v) is 21.3. The third kappa shape index (κ3) is 5.59. The lowest BCUT2D eigenvalue weighted by Crippen LogP contribution is -2.38. The maximum atomic E-state index is 13.9. The standard InChI is InChI=1S/C31H26FN7/c32-24-16-28-27(35-19-24)17-26(22-4-2-1-3-5-22)31(37-28)23-8-6-21(7-9-23)20-39-14-11-25(12-15-39)36-29-10-13-34-30(18-33)38-29/h1-10,13,16-17,19,25H,11-12,14-15,20H2,(H,34,36,38). The molecule has 39 heavy (non-hydrogen) atoms. The first-order chi connectivity index (χ1) is 19.1. The van der Waals surface area contributed by atoms with E-state index in [0.717, 1.165) is 54.9 Å². The lowest BCUT2D eigenvalue weighted by molar-refractivity contribution is 0.211. The van der Waals surface area contributed by atoms with Crippen molar-refractivity contribution in [3.63, 3.8) is 0 Å². The van der Waals surface area contributed by atoms with Crippen molar-refractivity contribution in [2.75, 3.05) is 18.4 Å². The number of benzene rings is 2. The molecule has 5 aromatic rings. The number of anilines is 1. The number of nitrogens with one attached hydrogen (secondary N) is 1. The number of likely N-dealkylation sites (tertiary alicyclic amines) is 1. The predicted octanol–water partition coefficient (Wildman–Crippen LogP) is 5.84. The molecule has 0 bridgehead atoms. The lowest BCUT2D eigenvalue weighted by Gasteiger charge is -2.32. The summed E-state index contributed by atoms with van der Waals surface area (Å²) in [4.78, 5) is 19.7. The number of aromatic nitrogens is 4. The van der Waals surface area contributed by atoms with Gasteiger partial charge >= 0.3 is 0 Å². The summed E-state index contributed by atoms with van der Waals surface area (Å²) in [6, 6.07) is 26.1. The first-order valence-electron chi connectivity index (χ1n) is 13.0. The number of rotatable bonds is 6. The molecule has 0 radical (unpaired) electrons. The minimum atomic E-state index is -0.397. The molecular weight excluding hydrogens is 489 g/mol. The summed E-state index contributed by atoms with van der Waals surface area (Å²) in [6.45, 7) is 2.81. The van der Waals surface area contributed by atoms with Crippen LogP contribution >= 0.6 is 0 Å². The molecule has 1 N–H and O–H groups in total. The normalized spacial score (nSPS) is 14.3. The molecule has 1 fully saturated rings. The van der Waals surface area contributed by atoms with Gasteiger partial charge in [-0.15, -0.1) is 0 Å². The van der Waals surface area contributed by atoms with Crippen molar-refractivity contribution in [1.29, 1.82) is 5.26 Å². The van der Waals surface area contributed by atoms with Gasteiger partial charge in [0.15, 0.2) is 0 Å². The zero-order chi connectivity index (χ0) is 26.6. The van der Waals surface area contributed by atoms with Crippen LogP contribution in [-0.4, -0.2) is 44.0 Å². The molecule has 7 nitrogen and oxygen atoms in total. The van der Waals surface area contributed by atoms with Crippen molar-refractivity contribution >= 4 is 16.9 Å². The Bertz CT molecular complexity index is 1640. The van der Waals surface area contributed by atoms with Crippen LogP contribution in [-0.2, 0) is 6.54 Å². The fourth-order valence-corrected chi connectivity index (χ4v) is 5.05. The monoisotopic (exact) mass is 515 g/mol. The molecule has 1 aliphatic rings. The molecule has 6 rings (SSSR count). The molecule has 0 amide bonds. The summed E-state index contributed by atoms with van der Waals surface area (Å²) in [5, 5.41) is 12.5. The van der Waals surface area contributed by atoms with Crippen LogP contribution in [0.4, 0.5) is 10.2 Å². The highest BCUT2D eigenvalue weighted by Crippen LogP contribution is 2.33. The maximum absolute atomic E-state index is 13.9. The number of halogens is 1. The fourth-order valence-electron chi connectivity index (χ4n) is 5.05. The first-order valence-corrected chi connectivity index (χ1v) is 13.0. The Balaban J connectivity index is 1.16. The van der Waals surface area contributed by atoms with Crippen LogP contribution in [0.3, 0.4) is 0 Å². The van der Waals surface area contributed by atoms with Crippen molar-refractivity contribution in [3.8, 4) is 28.5 Å². The van der Waals surface area contributed by atoms with Gasteiger partial charge in [0.1, 0.15) is 17.7 Å². The van der Waals surface area contributed by atoms with Gasteiger partial charge in [0.05, 0.1) is 22.9 Å². The van der Waals surface area contributed by atoms with Crippen LogP contribution in [0.5, 0.6) is 0 Å². The second-order valence-corrected chi connectivity index (χ2v) is 9.71. The van der Waals surface area contributed by atoms with Gasteiger partial charge in [0.25, 0.3) is 0 Å². The summed E-state index contributed by atoms with van der Waals surface area (Å²) in [6.07, 6.45) is 4.83. The Hall–Kier alpha value is -4.74. The summed E-state index contributed by atoms with van der Waals surface area (Å²) in [5.41, 5.74) is 6.23. The number of piperidine rings is 1. The Morgan fingerprint density at radius 1 is 0.897 bits per heavy atom. The van der Waals surface area contributed by atoms with E-state index < -0.39 is 5.82 Å². The van der Waals surface area contributed by atoms with Crippen molar-refractivity contribution in [1.82, 2.24) is 24.8 Å². The molecule has 4 heterocycles. The van der Waals surface area contributed by atoms with Gasteiger partial charge < -0.3 is 5.32 Å². The van der Waals surface area contributed by atoms with Gasteiger partial charge in [-0.1, -0.05) is 54.6 Å². The molecule has 192 valence electrons. The molecule has 1 aliphatic heterocycles. The average molecular weight is 516 g/mol. The van der Waals surface area contributed by atoms with Crippen LogP contribution in [0, 0.1) is 17.1 Å². The molecule has 0 spiro atoms. The number of fused-ring (bicyclic) bond motifs is 1. The zero-order valence-electron chi connectivity index (χ0n) is 21.3. The minimum absolute atomic E-state index is 0.180. The van der Waals surface area contributed by atoms with Crippen LogP contribution in [0.1, 0.15) is 24.2 Å². The largest absolute Gasteiger partial charge is 0.367 e. The summed E-state index contributed by atoms with van der Waals surface area (Å²) in [5.74, 6) is 0.484. The van der Waals surface area contributed by atoms with Crippen molar-refractivity contribution < 1.29 is 4.39 Å². The highest BCUT2D eigenvalue weighted by molar-refractivity contribution is 5.89. The molecule has 1 saturated heterocycles. The minimum Gasteiger partial charge on any atom is -0.367 e. The van der Waals surface area contributed by atoms with Crippen LogP contribution in [0.2, 0.25) is 0 Å². The van der Waals surface area contributed by atoms with Crippen molar-refractivity contribution in [2.45, 2.75) is 25.4 Å². The third-order valence-corrected chi connectivity index (χ3v) is 7.05. The molecule has 3 aromatic heterocycles. The van der Waals surface area contributed by atoms with E-state index in [9.17, 15) is 4.39 Å². The third-order valence-electron chi connectivity index (χ3n) is 7.05. The molecule has 0 saturated carbocycles. The first kappa shape index (κ1) is 24.6. The Labute approximate surface area is 226 Å². The molecule has 8 heteroatoms. The fraction of sp³-hybridized carbons (Fsp3) is 0.194. The van der Waals surface area contributed by atoms with Gasteiger partial charge in [-0.3, -0.25) is 9.88 Å². The molecule has 0 unspecified atom stereocenters. The summed E-state index contributed by atoms with van der Waals surface area (Å²) < 4.78 is 13.9. The van der Waals surface area contributed by atoms with E-state index in [0.29, 0.717) is 22.9 Å². The quantitative estimate of drug-likeness (QED) is 0.304. The number of hydrogen-bond acceptors (Lipinski definition) is 7. The Morgan fingerprint density at radius 3 is 2.46 bits per heavy atom. The molecule has 0 aliphatic carbocycles. The molecular formula is C31H26FN7. The maximum Gasteiger partial charge on any atom is 0.234 e. The highest BCUT2D eigenvalue weighted by Gasteiger charge is 2.20. The smallest absolute Gasteiger partial charge is 0.234 e. The van der Waals surface area contributed by atoms with Crippen LogP contribution < -0.4 is 5.32 Å². The lowest BCUT2D eigenvalue weighted by atomic mass is 9.97. The van der Waals surface area contributed by atoms with Crippen molar-refractivity contribution in [3.05, 3.63) is 102 Å². The van der Waals surface area contributed by atoms with E-state index in [2.05, 4.69) is 61.6 Å². The topological polar surface area (TPSA) is 90.6 Å². The van der Waals surface area contributed by atoms with E-state index in [1.54, 1.807) is 12.3 Å². The second-order valence-electron chi connectivity index (χ2n) is 9.71. The highest BCUT2D eigenvalue weighted by atomic mass is 19.1. The van der Waals surface area contributed by atoms with E-state index in [4.69, 9.17) is 10.2 Å². The van der Waals surface area contributed by atoms with Gasteiger partial charge in [0, 0.05) is 49.1 Å². The van der Waals surface area contributed by atoms with E-state index >= 15 is 0 Å². The second kappa shape index (κ2) is 10.9. The summed E-state index contributed by atoms with van der Waals surface area (Å²) >= 11 is 0. The van der Waals surface area contributed by atoms with Crippen LogP contribution in [0.25, 0.3) is 33.4 Å². The molecule has 2 aromatic carbocycles. The van der Waals surface area contributed by atoms with Gasteiger partial charge in [-0.05, 0) is 36.1 Å². The van der Waals surface area contributed by atoms with Gasteiger partial charge in [-0.2, -0.15) is 5.26 Å². The number of hydrogen-bond donors (Lipinski definition) is 1. The van der Waals surface area contributed by atoms with Crippen LogP contribution in [0.15, 0.2) is 85.2 Å². The van der Waals surface area contributed by atoms with E-state index in [1.165, 1.54) is 17.8 Å². The Kier molecular flexibility index (Phi) is 6.89. The van der Waals surface area contributed by atoms with E-state index in [-0.39, 0.29) is 5.82 Å². The van der Waals surface area contributed by atoms with Gasteiger partial charge in [0.2, 0.25) is 5.82 Å².